The number of rotatable bonds is 6. The Morgan fingerprint density at radius 2 is 1.60 bits per heavy atom. The first-order valence-electron chi connectivity index (χ1n) is 14.4. The minimum atomic E-state index is -1.31. The summed E-state index contributed by atoms with van der Waals surface area (Å²) >= 11 is 0. The summed E-state index contributed by atoms with van der Waals surface area (Å²) < 4.78 is 6.86. The lowest BCUT2D eigenvalue weighted by Crippen LogP contribution is -2.60. The Morgan fingerprint density at radius 3 is 2.25 bits per heavy atom. The minimum absolute atomic E-state index is 0.000572. The van der Waals surface area contributed by atoms with Crippen molar-refractivity contribution < 1.29 is 24.2 Å². The van der Waals surface area contributed by atoms with E-state index in [9.17, 15) is 19.5 Å². The Bertz CT molecular complexity index is 1230. The molecule has 0 radical (unpaired) electrons. The highest BCUT2D eigenvalue weighted by molar-refractivity contribution is 6.00. The van der Waals surface area contributed by atoms with E-state index in [2.05, 4.69) is 34.6 Å². The average molecular weight is 550 g/mol. The molecule has 216 valence electrons. The van der Waals surface area contributed by atoms with Crippen molar-refractivity contribution in [2.24, 2.45) is 17.3 Å². The van der Waals surface area contributed by atoms with Gasteiger partial charge in [0.25, 0.3) is 0 Å². The van der Waals surface area contributed by atoms with Crippen molar-refractivity contribution in [3.05, 3.63) is 60.2 Å². The van der Waals surface area contributed by atoms with E-state index in [1.165, 1.54) is 4.90 Å². The summed E-state index contributed by atoms with van der Waals surface area (Å²) in [5.74, 6) is -2.37. The van der Waals surface area contributed by atoms with Crippen LogP contribution in [0.4, 0.5) is 0 Å². The summed E-state index contributed by atoms with van der Waals surface area (Å²) in [5.41, 5.74) is -1.90. The van der Waals surface area contributed by atoms with E-state index in [1.807, 2.05) is 66.5 Å². The fourth-order valence-electron chi connectivity index (χ4n) is 7.80. The highest BCUT2D eigenvalue weighted by Crippen LogP contribution is 2.57. The number of ether oxygens (including phenoxy) is 1. The Kier molecular flexibility index (Phi) is 7.02. The number of hydrogen-bond acceptors (Lipinski definition) is 5. The molecule has 1 aromatic rings. The molecule has 4 aliphatic rings. The van der Waals surface area contributed by atoms with Crippen LogP contribution in [0.5, 0.6) is 0 Å². The lowest BCUT2D eigenvalue weighted by Gasteiger charge is -2.44. The van der Waals surface area contributed by atoms with Gasteiger partial charge in [-0.2, -0.15) is 0 Å². The topological polar surface area (TPSA) is 90.4 Å². The van der Waals surface area contributed by atoms with Crippen molar-refractivity contribution in [2.75, 3.05) is 26.2 Å². The third-order valence-corrected chi connectivity index (χ3v) is 8.89. The molecule has 0 saturated carbocycles. The van der Waals surface area contributed by atoms with Crippen LogP contribution in [-0.4, -0.2) is 86.6 Å². The highest BCUT2D eigenvalue weighted by Gasteiger charge is 2.74. The third-order valence-electron chi connectivity index (χ3n) is 8.89. The molecular formula is C32H43N3O5. The van der Waals surface area contributed by atoms with Crippen LogP contribution in [0.25, 0.3) is 0 Å². The van der Waals surface area contributed by atoms with Gasteiger partial charge in [0.2, 0.25) is 17.7 Å². The molecule has 2 fully saturated rings. The maximum Gasteiger partial charge on any atom is 0.249 e. The Labute approximate surface area is 237 Å². The molecule has 0 aromatic heterocycles. The van der Waals surface area contributed by atoms with E-state index < -0.39 is 34.6 Å². The molecule has 1 aromatic carbocycles. The Balaban J connectivity index is 1.57. The second kappa shape index (κ2) is 9.84. The van der Waals surface area contributed by atoms with Crippen molar-refractivity contribution in [3.63, 3.8) is 0 Å². The lowest BCUT2D eigenvalue weighted by atomic mass is 9.74. The predicted octanol–water partition coefficient (Wildman–Crippen LogP) is 3.16. The van der Waals surface area contributed by atoms with Crippen molar-refractivity contribution in [2.45, 2.75) is 77.3 Å². The molecule has 8 nitrogen and oxygen atoms in total. The molecule has 5 atom stereocenters. The van der Waals surface area contributed by atoms with Crippen LogP contribution in [0, 0.1) is 17.3 Å². The predicted molar refractivity (Wildman–Crippen MR) is 152 cm³/mol. The molecule has 0 bridgehead atoms. The van der Waals surface area contributed by atoms with Crippen molar-refractivity contribution in [1.29, 1.82) is 0 Å². The molecule has 5 rings (SSSR count). The van der Waals surface area contributed by atoms with Gasteiger partial charge in [-0.05, 0) is 38.2 Å². The van der Waals surface area contributed by atoms with Crippen LogP contribution in [0.2, 0.25) is 0 Å². The van der Waals surface area contributed by atoms with Crippen LogP contribution in [0.15, 0.2) is 54.6 Å². The molecule has 1 unspecified atom stereocenters. The van der Waals surface area contributed by atoms with Crippen LogP contribution >= 0.6 is 0 Å². The summed E-state index contributed by atoms with van der Waals surface area (Å²) in [4.78, 5) is 48.1. The summed E-state index contributed by atoms with van der Waals surface area (Å²) in [5, 5.41) is 9.95. The number of hydrogen-bond donors (Lipinski definition) is 1. The molecule has 3 amide bonds. The van der Waals surface area contributed by atoms with E-state index in [0.29, 0.717) is 19.6 Å². The SMILES string of the molecule is CC(C)(C)CC(C)(C)N1CC=C[C@]23O[C@]4(C)C=CCN(Cc5ccccc5)C(=O)[C@@H]4[C@H]2C(=O)N(CCO)C3C1=O. The van der Waals surface area contributed by atoms with Gasteiger partial charge >= 0.3 is 0 Å². The molecule has 4 aliphatic heterocycles. The second-order valence-electron chi connectivity index (χ2n) is 13.8. The van der Waals surface area contributed by atoms with E-state index in [-0.39, 0.29) is 36.3 Å². The fourth-order valence-corrected chi connectivity index (χ4v) is 7.80. The van der Waals surface area contributed by atoms with Gasteiger partial charge in [-0.15, -0.1) is 0 Å². The van der Waals surface area contributed by atoms with Gasteiger partial charge < -0.3 is 24.5 Å². The molecule has 2 saturated heterocycles. The van der Waals surface area contributed by atoms with E-state index in [1.54, 1.807) is 4.90 Å². The Morgan fingerprint density at radius 1 is 0.925 bits per heavy atom. The molecule has 4 heterocycles. The number of nitrogens with zero attached hydrogens (tertiary/aromatic N) is 3. The zero-order chi connectivity index (χ0) is 29.1. The molecule has 0 aliphatic carbocycles. The van der Waals surface area contributed by atoms with E-state index in [0.717, 1.165) is 12.0 Å². The quantitative estimate of drug-likeness (QED) is 0.551. The van der Waals surface area contributed by atoms with Crippen LogP contribution in [0.1, 0.15) is 53.5 Å². The zero-order valence-corrected chi connectivity index (χ0v) is 24.6. The van der Waals surface area contributed by atoms with Crippen LogP contribution in [-0.2, 0) is 25.7 Å². The van der Waals surface area contributed by atoms with Gasteiger partial charge in [0.05, 0.1) is 24.0 Å². The lowest BCUT2D eigenvalue weighted by molar-refractivity contribution is -0.156. The molecule has 1 N–H and O–H groups in total. The van der Waals surface area contributed by atoms with Crippen LogP contribution in [0.3, 0.4) is 0 Å². The second-order valence-corrected chi connectivity index (χ2v) is 13.8. The first-order chi connectivity index (χ1) is 18.7. The first-order valence-corrected chi connectivity index (χ1v) is 14.4. The smallest absolute Gasteiger partial charge is 0.249 e. The minimum Gasteiger partial charge on any atom is -0.395 e. The number of β-amino-alcohol motifs (C(OH)–C–C–N with tert-alkyl or cyclic N) is 1. The van der Waals surface area contributed by atoms with Gasteiger partial charge in [-0.3, -0.25) is 14.4 Å². The molecular weight excluding hydrogens is 506 g/mol. The van der Waals surface area contributed by atoms with Gasteiger partial charge in [0, 0.05) is 31.7 Å². The number of aliphatic hydroxyl groups is 1. The van der Waals surface area contributed by atoms with Crippen molar-refractivity contribution in [3.8, 4) is 0 Å². The van der Waals surface area contributed by atoms with Crippen molar-refractivity contribution in [1.82, 2.24) is 14.7 Å². The standard InChI is InChI=1S/C32H43N3O5/c1-29(2,3)21-30(4,5)35-17-11-15-32-24(27(38)34(18-19-36)25(32)28(35)39)23-26(37)33(16-10-14-31(23,6)40-32)20-22-12-8-7-9-13-22/h7-15,23-25,36H,16-21H2,1-6H3/t23-,24-,25?,31+,32-/m0/s1. The summed E-state index contributed by atoms with van der Waals surface area (Å²) in [6.45, 7) is 13.3. The number of carbonyl (C=O) groups excluding carboxylic acids is 3. The maximum atomic E-state index is 14.5. The molecule has 40 heavy (non-hydrogen) atoms. The average Bonchev–Trinajstić information content (AvgIpc) is 3.11. The summed E-state index contributed by atoms with van der Waals surface area (Å²) in [6.07, 6.45) is 8.39. The fraction of sp³-hybridized carbons (Fsp3) is 0.594. The number of fused-ring (bicyclic) bond motifs is 2. The number of aliphatic hydroxyl groups excluding tert-OH is 1. The normalized spacial score (nSPS) is 32.2. The number of benzene rings is 1. The largest absolute Gasteiger partial charge is 0.395 e. The van der Waals surface area contributed by atoms with E-state index in [4.69, 9.17) is 4.74 Å². The zero-order valence-electron chi connectivity index (χ0n) is 24.6. The monoisotopic (exact) mass is 549 g/mol. The summed E-state index contributed by atoms with van der Waals surface area (Å²) in [7, 11) is 0. The van der Waals surface area contributed by atoms with Gasteiger partial charge in [0.15, 0.2) is 0 Å². The molecule has 1 spiro atoms. The number of amides is 3. The van der Waals surface area contributed by atoms with Crippen molar-refractivity contribution >= 4 is 17.7 Å². The third kappa shape index (κ3) is 4.59. The first kappa shape index (κ1) is 28.6. The van der Waals surface area contributed by atoms with Crippen LogP contribution < -0.4 is 0 Å². The van der Waals surface area contributed by atoms with Gasteiger partial charge in [-0.1, -0.05) is 75.4 Å². The van der Waals surface area contributed by atoms with E-state index >= 15 is 0 Å². The molecule has 8 heteroatoms. The van der Waals surface area contributed by atoms with Gasteiger partial charge in [-0.25, -0.2) is 0 Å². The number of likely N-dealkylation sites (tertiary alicyclic amines) is 1. The Hall–Kier alpha value is -2.97. The maximum absolute atomic E-state index is 14.5. The van der Waals surface area contributed by atoms with Gasteiger partial charge in [0.1, 0.15) is 11.6 Å². The number of carbonyl (C=O) groups is 3. The summed E-state index contributed by atoms with van der Waals surface area (Å²) in [6, 6.07) is 8.81. The highest BCUT2D eigenvalue weighted by atomic mass is 16.5.